The molecule has 0 spiro atoms. The Bertz CT molecular complexity index is 585. The third-order valence-electron chi connectivity index (χ3n) is 2.91. The van der Waals surface area contributed by atoms with Gasteiger partial charge in [0.05, 0.1) is 32.0 Å². The van der Waals surface area contributed by atoms with Gasteiger partial charge in [0.1, 0.15) is 18.1 Å². The molecule has 0 saturated heterocycles. The van der Waals surface area contributed by atoms with E-state index in [1.165, 1.54) is 0 Å². The van der Waals surface area contributed by atoms with Gasteiger partial charge in [-0.05, 0) is 42.0 Å². The molecule has 0 unspecified atom stereocenters. The van der Waals surface area contributed by atoms with E-state index >= 15 is 0 Å². The molecule has 0 atom stereocenters. The van der Waals surface area contributed by atoms with Crippen molar-refractivity contribution in [2.45, 2.75) is 6.61 Å². The predicted molar refractivity (Wildman–Crippen MR) is 79.3 cm³/mol. The minimum absolute atomic E-state index is 0.474. The fourth-order valence-corrected chi connectivity index (χ4v) is 1.76. The lowest BCUT2D eigenvalue weighted by Crippen LogP contribution is -2.06. The van der Waals surface area contributed by atoms with Gasteiger partial charge in [0.15, 0.2) is 0 Å². The third kappa shape index (κ3) is 4.83. The van der Waals surface area contributed by atoms with Gasteiger partial charge in [-0.15, -0.1) is 0 Å². The molecule has 0 aliphatic heterocycles. The molecule has 2 aromatic carbocycles. The zero-order chi connectivity index (χ0) is 14.9. The summed E-state index contributed by atoms with van der Waals surface area (Å²) in [6.45, 7) is 1.52. The lowest BCUT2D eigenvalue weighted by molar-refractivity contribution is 0.0889. The summed E-state index contributed by atoms with van der Waals surface area (Å²) >= 11 is 0. The summed E-state index contributed by atoms with van der Waals surface area (Å²) in [6.07, 6.45) is 0. The van der Waals surface area contributed by atoms with Crippen LogP contribution in [0.15, 0.2) is 48.5 Å². The molecule has 0 amide bonds. The van der Waals surface area contributed by atoms with E-state index in [1.807, 2.05) is 24.3 Å². The van der Waals surface area contributed by atoms with Crippen molar-refractivity contribution in [1.82, 2.24) is 0 Å². The van der Waals surface area contributed by atoms with Gasteiger partial charge >= 0.3 is 0 Å². The van der Waals surface area contributed by atoms with E-state index in [0.717, 1.165) is 17.1 Å². The lowest BCUT2D eigenvalue weighted by atomic mass is 10.2. The fraction of sp³-hybridized carbons (Fsp3) is 0.235. The number of hydrogen-bond donors (Lipinski definition) is 0. The molecule has 0 aliphatic rings. The van der Waals surface area contributed by atoms with Gasteiger partial charge in [-0.1, -0.05) is 12.1 Å². The smallest absolute Gasteiger partial charge is 0.119 e. The summed E-state index contributed by atoms with van der Waals surface area (Å²) < 4.78 is 16.2. The first-order valence-corrected chi connectivity index (χ1v) is 6.65. The molecular weight excluding hydrogens is 266 g/mol. The maximum atomic E-state index is 8.70. The van der Waals surface area contributed by atoms with Crippen molar-refractivity contribution in [3.8, 4) is 17.6 Å². The molecule has 0 saturated carbocycles. The van der Waals surface area contributed by atoms with Crippen LogP contribution in [0.2, 0.25) is 0 Å². The summed E-state index contributed by atoms with van der Waals surface area (Å²) in [6, 6.07) is 16.8. The van der Waals surface area contributed by atoms with Crippen LogP contribution in [0.25, 0.3) is 0 Å². The predicted octanol–water partition coefficient (Wildman–Crippen LogP) is 3.16. The van der Waals surface area contributed by atoms with Crippen molar-refractivity contribution in [1.29, 1.82) is 5.26 Å². The Kier molecular flexibility index (Phi) is 5.62. The van der Waals surface area contributed by atoms with Gasteiger partial charge in [0.25, 0.3) is 0 Å². The zero-order valence-corrected chi connectivity index (χ0v) is 11.9. The third-order valence-corrected chi connectivity index (χ3v) is 2.91. The van der Waals surface area contributed by atoms with Crippen LogP contribution >= 0.6 is 0 Å². The van der Waals surface area contributed by atoms with Crippen LogP contribution in [0.5, 0.6) is 11.5 Å². The van der Waals surface area contributed by atoms with Crippen molar-refractivity contribution >= 4 is 0 Å². The molecule has 0 fully saturated rings. The van der Waals surface area contributed by atoms with Gasteiger partial charge in [0, 0.05) is 0 Å². The van der Waals surface area contributed by atoms with Crippen molar-refractivity contribution in [2.75, 3.05) is 20.3 Å². The summed E-state index contributed by atoms with van der Waals surface area (Å²) in [4.78, 5) is 0. The average molecular weight is 283 g/mol. The van der Waals surface area contributed by atoms with E-state index in [4.69, 9.17) is 19.5 Å². The number of nitriles is 1. The summed E-state index contributed by atoms with van der Waals surface area (Å²) in [7, 11) is 1.64. The summed E-state index contributed by atoms with van der Waals surface area (Å²) in [5.41, 5.74) is 1.72. The first-order chi connectivity index (χ1) is 10.3. The molecule has 0 N–H and O–H groups in total. The maximum absolute atomic E-state index is 8.70. The minimum atomic E-state index is 0.474. The van der Waals surface area contributed by atoms with E-state index in [1.54, 1.807) is 31.4 Å². The second kappa shape index (κ2) is 7.93. The van der Waals surface area contributed by atoms with Crippen LogP contribution in [0.1, 0.15) is 11.1 Å². The number of benzene rings is 2. The molecule has 0 radical (unpaired) electrons. The van der Waals surface area contributed by atoms with E-state index in [9.17, 15) is 0 Å². The van der Waals surface area contributed by atoms with Crippen molar-refractivity contribution in [3.63, 3.8) is 0 Å². The molecule has 0 aliphatic carbocycles. The first-order valence-electron chi connectivity index (χ1n) is 6.65. The zero-order valence-electron chi connectivity index (χ0n) is 11.9. The molecule has 0 heterocycles. The molecule has 0 bridgehead atoms. The van der Waals surface area contributed by atoms with Gasteiger partial charge in [-0.2, -0.15) is 5.26 Å². The quantitative estimate of drug-likeness (QED) is 0.732. The highest BCUT2D eigenvalue weighted by Gasteiger charge is 1.97. The lowest BCUT2D eigenvalue weighted by Gasteiger charge is -2.07. The van der Waals surface area contributed by atoms with E-state index < -0.39 is 0 Å². The molecule has 108 valence electrons. The Hall–Kier alpha value is -2.51. The summed E-state index contributed by atoms with van der Waals surface area (Å²) in [5, 5.41) is 8.70. The Balaban J connectivity index is 1.66. The second-order valence-corrected chi connectivity index (χ2v) is 4.39. The molecule has 4 heteroatoms. The molecule has 0 aromatic heterocycles. The topological polar surface area (TPSA) is 51.5 Å². The second-order valence-electron chi connectivity index (χ2n) is 4.39. The van der Waals surface area contributed by atoms with Crippen LogP contribution in [0, 0.1) is 11.3 Å². The van der Waals surface area contributed by atoms with Crippen molar-refractivity contribution < 1.29 is 14.2 Å². The number of ether oxygens (including phenoxy) is 3. The number of hydrogen-bond acceptors (Lipinski definition) is 4. The van der Waals surface area contributed by atoms with Crippen LogP contribution in [-0.2, 0) is 11.3 Å². The first kappa shape index (κ1) is 14.9. The monoisotopic (exact) mass is 283 g/mol. The maximum Gasteiger partial charge on any atom is 0.119 e. The number of rotatable bonds is 7. The molecular formula is C17H17NO3. The van der Waals surface area contributed by atoms with Gasteiger partial charge in [0.2, 0.25) is 0 Å². The molecule has 21 heavy (non-hydrogen) atoms. The Morgan fingerprint density at radius 2 is 1.57 bits per heavy atom. The highest BCUT2D eigenvalue weighted by molar-refractivity contribution is 5.34. The van der Waals surface area contributed by atoms with E-state index in [2.05, 4.69) is 6.07 Å². The van der Waals surface area contributed by atoms with E-state index in [-0.39, 0.29) is 0 Å². The molecule has 2 rings (SSSR count). The largest absolute Gasteiger partial charge is 0.497 e. The Morgan fingerprint density at radius 1 is 0.905 bits per heavy atom. The average Bonchev–Trinajstić information content (AvgIpc) is 2.55. The summed E-state index contributed by atoms with van der Waals surface area (Å²) in [5.74, 6) is 1.57. The van der Waals surface area contributed by atoms with Gasteiger partial charge < -0.3 is 14.2 Å². The normalized spacial score (nSPS) is 9.90. The molecule has 2 aromatic rings. The molecule has 4 nitrogen and oxygen atoms in total. The van der Waals surface area contributed by atoms with Crippen LogP contribution < -0.4 is 9.47 Å². The van der Waals surface area contributed by atoms with Crippen molar-refractivity contribution in [2.24, 2.45) is 0 Å². The van der Waals surface area contributed by atoms with Crippen LogP contribution in [0.4, 0.5) is 0 Å². The van der Waals surface area contributed by atoms with Crippen LogP contribution in [0.3, 0.4) is 0 Å². The Morgan fingerprint density at radius 3 is 2.19 bits per heavy atom. The van der Waals surface area contributed by atoms with Crippen LogP contribution in [-0.4, -0.2) is 20.3 Å². The highest BCUT2D eigenvalue weighted by atomic mass is 16.5. The SMILES string of the molecule is COc1ccc(COCCOc2ccc(C#N)cc2)cc1. The van der Waals surface area contributed by atoms with E-state index in [0.29, 0.717) is 25.4 Å². The van der Waals surface area contributed by atoms with Gasteiger partial charge in [-0.25, -0.2) is 0 Å². The number of nitrogens with zero attached hydrogens (tertiary/aromatic N) is 1. The number of methoxy groups -OCH3 is 1. The fourth-order valence-electron chi connectivity index (χ4n) is 1.76. The Labute approximate surface area is 124 Å². The standard InChI is InChI=1S/C17H17NO3/c1-19-16-6-4-15(5-7-16)13-20-10-11-21-17-8-2-14(12-18)3-9-17/h2-9H,10-11,13H2,1H3. The van der Waals surface area contributed by atoms with Crippen molar-refractivity contribution in [3.05, 3.63) is 59.7 Å². The van der Waals surface area contributed by atoms with Gasteiger partial charge in [-0.3, -0.25) is 0 Å². The highest BCUT2D eigenvalue weighted by Crippen LogP contribution is 2.13. The minimum Gasteiger partial charge on any atom is -0.497 e.